The van der Waals surface area contributed by atoms with Crippen molar-refractivity contribution >= 4 is 5.82 Å². The first-order valence-electron chi connectivity index (χ1n) is 5.74. The summed E-state index contributed by atoms with van der Waals surface area (Å²) >= 11 is 0. The topological polar surface area (TPSA) is 106 Å². The molecule has 1 aromatic carbocycles. The molecule has 3 N–H and O–H groups in total. The molecule has 102 valence electrons. The summed E-state index contributed by atoms with van der Waals surface area (Å²) in [5.41, 5.74) is 2.92. The maximum absolute atomic E-state index is 8.85. The van der Waals surface area contributed by atoms with Gasteiger partial charge in [0.05, 0.1) is 18.7 Å². The van der Waals surface area contributed by atoms with Crippen molar-refractivity contribution in [1.29, 1.82) is 5.26 Å². The van der Waals surface area contributed by atoms with E-state index in [9.17, 15) is 0 Å². The van der Waals surface area contributed by atoms with Crippen LogP contribution in [0.15, 0.2) is 24.3 Å². The second-order valence-corrected chi connectivity index (χ2v) is 3.86. The van der Waals surface area contributed by atoms with E-state index in [2.05, 4.69) is 15.4 Å². The molecule has 0 amide bonds. The van der Waals surface area contributed by atoms with Crippen molar-refractivity contribution in [2.45, 2.75) is 6.92 Å². The van der Waals surface area contributed by atoms with Crippen LogP contribution in [-0.2, 0) is 0 Å². The van der Waals surface area contributed by atoms with Gasteiger partial charge in [-0.3, -0.25) is 0 Å². The fourth-order valence-corrected chi connectivity index (χ4v) is 1.60. The van der Waals surface area contributed by atoms with E-state index >= 15 is 0 Å². The van der Waals surface area contributed by atoms with Crippen LogP contribution >= 0.6 is 0 Å². The highest BCUT2D eigenvalue weighted by Gasteiger charge is 2.09. The van der Waals surface area contributed by atoms with Gasteiger partial charge in [-0.1, -0.05) is 0 Å². The molecule has 0 fully saturated rings. The van der Waals surface area contributed by atoms with E-state index < -0.39 is 0 Å². The summed E-state index contributed by atoms with van der Waals surface area (Å²) < 4.78 is 10.8. The van der Waals surface area contributed by atoms with Gasteiger partial charge >= 0.3 is 0 Å². The number of hydrogen-bond donors (Lipinski definition) is 2. The van der Waals surface area contributed by atoms with Gasteiger partial charge in [-0.05, 0) is 19.1 Å². The molecule has 0 unspecified atom stereocenters. The number of nitrogens with two attached hydrogens (primary N) is 1. The van der Waals surface area contributed by atoms with Crippen molar-refractivity contribution in [3.63, 3.8) is 0 Å². The van der Waals surface area contributed by atoms with Crippen LogP contribution in [0, 0.1) is 18.3 Å². The van der Waals surface area contributed by atoms with Gasteiger partial charge in [0, 0.05) is 12.1 Å². The summed E-state index contributed by atoms with van der Waals surface area (Å²) in [4.78, 5) is 8.21. The normalized spacial score (nSPS) is 9.70. The molecule has 0 radical (unpaired) electrons. The lowest BCUT2D eigenvalue weighted by atomic mass is 10.2. The van der Waals surface area contributed by atoms with Gasteiger partial charge < -0.3 is 14.9 Å². The second kappa shape index (κ2) is 5.86. The largest absolute Gasteiger partial charge is 0.493 e. The third kappa shape index (κ3) is 2.93. The van der Waals surface area contributed by atoms with Gasteiger partial charge in [-0.2, -0.15) is 10.2 Å². The van der Waals surface area contributed by atoms with E-state index in [0.717, 1.165) is 0 Å². The van der Waals surface area contributed by atoms with E-state index in [1.807, 2.05) is 6.07 Å². The fourth-order valence-electron chi connectivity index (χ4n) is 1.60. The van der Waals surface area contributed by atoms with Gasteiger partial charge in [-0.25, -0.2) is 10.8 Å². The summed E-state index contributed by atoms with van der Waals surface area (Å²) in [5.74, 6) is 7.51. The molecule has 0 saturated carbocycles. The Bertz CT molecular complexity index is 666. The van der Waals surface area contributed by atoms with Gasteiger partial charge in [0.15, 0.2) is 11.5 Å². The van der Waals surface area contributed by atoms with Crippen molar-refractivity contribution in [3.05, 3.63) is 35.7 Å². The van der Waals surface area contributed by atoms with Crippen LogP contribution in [0.3, 0.4) is 0 Å². The Kier molecular flexibility index (Phi) is 3.98. The number of anilines is 1. The Balaban J connectivity index is 2.34. The molecule has 0 saturated heterocycles. The molecule has 1 aromatic heterocycles. The van der Waals surface area contributed by atoms with Gasteiger partial charge in [0.25, 0.3) is 0 Å². The quantitative estimate of drug-likeness (QED) is 0.644. The zero-order chi connectivity index (χ0) is 14.5. The number of nitriles is 1. The van der Waals surface area contributed by atoms with Gasteiger partial charge in [-0.15, -0.1) is 0 Å². The van der Waals surface area contributed by atoms with E-state index in [0.29, 0.717) is 34.6 Å². The molecule has 2 rings (SSSR count). The molecule has 2 aromatic rings. The molecule has 7 nitrogen and oxygen atoms in total. The number of nitrogen functional groups attached to an aromatic ring is 1. The number of aromatic nitrogens is 2. The first kappa shape index (κ1) is 13.6. The van der Waals surface area contributed by atoms with E-state index in [1.54, 1.807) is 31.2 Å². The average Bonchev–Trinajstić information content (AvgIpc) is 2.47. The maximum atomic E-state index is 8.85. The zero-order valence-electron chi connectivity index (χ0n) is 11.0. The summed E-state index contributed by atoms with van der Waals surface area (Å²) in [6.45, 7) is 1.73. The molecule has 20 heavy (non-hydrogen) atoms. The smallest absolute Gasteiger partial charge is 0.224 e. The number of hydrogen-bond acceptors (Lipinski definition) is 7. The lowest BCUT2D eigenvalue weighted by molar-refractivity contribution is 0.373. The molecule has 1 heterocycles. The molecule has 0 bridgehead atoms. The van der Waals surface area contributed by atoms with Gasteiger partial charge in [0.1, 0.15) is 11.6 Å². The molecule has 0 atom stereocenters. The summed E-state index contributed by atoms with van der Waals surface area (Å²) in [6.07, 6.45) is 0. The van der Waals surface area contributed by atoms with Crippen molar-refractivity contribution in [2.75, 3.05) is 12.5 Å². The minimum atomic E-state index is 0.327. The third-order valence-electron chi connectivity index (χ3n) is 2.47. The summed E-state index contributed by atoms with van der Waals surface area (Å²) in [6, 6.07) is 8.46. The van der Waals surface area contributed by atoms with Crippen LogP contribution in [0.2, 0.25) is 0 Å². The highest BCUT2D eigenvalue weighted by molar-refractivity contribution is 5.48. The Morgan fingerprint density at radius 2 is 2.05 bits per heavy atom. The first-order chi connectivity index (χ1) is 9.66. The Morgan fingerprint density at radius 1 is 1.25 bits per heavy atom. The Labute approximate surface area is 116 Å². The zero-order valence-corrected chi connectivity index (χ0v) is 11.0. The number of hydrazine groups is 1. The van der Waals surface area contributed by atoms with E-state index in [1.165, 1.54) is 7.11 Å². The number of ether oxygens (including phenoxy) is 2. The van der Waals surface area contributed by atoms with Crippen LogP contribution < -0.4 is 20.7 Å². The predicted molar refractivity (Wildman–Crippen MR) is 72.4 cm³/mol. The molecule has 0 aliphatic heterocycles. The number of nitrogens with one attached hydrogen (secondary N) is 1. The molecular formula is C13H13N5O2. The molecule has 0 aliphatic rings. The molecular weight excluding hydrogens is 258 g/mol. The monoisotopic (exact) mass is 271 g/mol. The molecule has 0 aliphatic carbocycles. The predicted octanol–water partition coefficient (Wildman–Crippen LogP) is 1.74. The van der Waals surface area contributed by atoms with Crippen molar-refractivity contribution in [2.24, 2.45) is 5.84 Å². The minimum absolute atomic E-state index is 0.327. The highest BCUT2D eigenvalue weighted by Crippen LogP contribution is 2.31. The van der Waals surface area contributed by atoms with Gasteiger partial charge in [0.2, 0.25) is 5.88 Å². The Morgan fingerprint density at radius 3 is 2.70 bits per heavy atom. The third-order valence-corrected chi connectivity index (χ3v) is 2.47. The molecule has 0 spiro atoms. The average molecular weight is 271 g/mol. The van der Waals surface area contributed by atoms with Crippen LogP contribution in [0.25, 0.3) is 0 Å². The van der Waals surface area contributed by atoms with Crippen molar-refractivity contribution in [1.82, 2.24) is 9.97 Å². The Hall–Kier alpha value is -2.85. The number of benzene rings is 1. The standard InChI is InChI=1S/C13H13N5O2/c1-8-16-12(18-15)6-13(17-8)20-10-4-3-9(7-14)5-11(10)19-2/h3-6H,15H2,1-2H3,(H,16,17,18). The van der Waals surface area contributed by atoms with Crippen LogP contribution in [0.5, 0.6) is 17.4 Å². The lowest BCUT2D eigenvalue weighted by Gasteiger charge is -2.10. The van der Waals surface area contributed by atoms with Crippen LogP contribution in [-0.4, -0.2) is 17.1 Å². The van der Waals surface area contributed by atoms with Crippen LogP contribution in [0.1, 0.15) is 11.4 Å². The maximum Gasteiger partial charge on any atom is 0.224 e. The number of aryl methyl sites for hydroxylation is 1. The number of methoxy groups -OCH3 is 1. The lowest BCUT2D eigenvalue weighted by Crippen LogP contribution is -2.09. The highest BCUT2D eigenvalue weighted by atomic mass is 16.5. The van der Waals surface area contributed by atoms with E-state index in [-0.39, 0.29) is 0 Å². The minimum Gasteiger partial charge on any atom is -0.493 e. The van der Waals surface area contributed by atoms with E-state index in [4.69, 9.17) is 20.6 Å². The SMILES string of the molecule is COc1cc(C#N)ccc1Oc1cc(NN)nc(C)n1. The first-order valence-corrected chi connectivity index (χ1v) is 5.74. The molecule has 7 heteroatoms. The summed E-state index contributed by atoms with van der Waals surface area (Å²) in [5, 5.41) is 8.85. The van der Waals surface area contributed by atoms with Crippen molar-refractivity contribution in [3.8, 4) is 23.4 Å². The number of nitrogens with zero attached hydrogens (tertiary/aromatic N) is 3. The number of rotatable bonds is 4. The second-order valence-electron chi connectivity index (χ2n) is 3.86. The van der Waals surface area contributed by atoms with Crippen molar-refractivity contribution < 1.29 is 9.47 Å². The fraction of sp³-hybridized carbons (Fsp3) is 0.154. The van der Waals surface area contributed by atoms with Crippen LogP contribution in [0.4, 0.5) is 5.82 Å². The summed E-state index contributed by atoms with van der Waals surface area (Å²) in [7, 11) is 1.50.